The van der Waals surface area contributed by atoms with E-state index in [1.54, 1.807) is 42.5 Å². The predicted molar refractivity (Wildman–Crippen MR) is 64.6 cm³/mol. The Balaban J connectivity index is 2.13. The van der Waals surface area contributed by atoms with E-state index in [9.17, 15) is 4.79 Å². The highest BCUT2D eigenvalue weighted by Gasteiger charge is 2.05. The van der Waals surface area contributed by atoms with E-state index in [-0.39, 0.29) is 12.5 Å². The number of benzene rings is 1. The third-order valence-electron chi connectivity index (χ3n) is 2.25. The van der Waals surface area contributed by atoms with E-state index < -0.39 is 0 Å². The molecule has 0 saturated heterocycles. The Hall–Kier alpha value is -2.20. The monoisotopic (exact) mass is 228 g/mol. The Labute approximate surface area is 98.9 Å². The van der Waals surface area contributed by atoms with Gasteiger partial charge in [0, 0.05) is 5.56 Å². The topological polar surface area (TPSA) is 62.2 Å². The Morgan fingerprint density at radius 2 is 1.88 bits per heavy atom. The van der Waals surface area contributed by atoms with Crippen LogP contribution in [0.2, 0.25) is 0 Å². The number of amides is 1. The number of aliphatic hydroxyl groups excluding tert-OH is 1. The van der Waals surface area contributed by atoms with Crippen molar-refractivity contribution < 1.29 is 9.90 Å². The van der Waals surface area contributed by atoms with Gasteiger partial charge >= 0.3 is 0 Å². The maximum absolute atomic E-state index is 11.8. The van der Waals surface area contributed by atoms with Crippen LogP contribution in [-0.2, 0) is 6.61 Å². The summed E-state index contributed by atoms with van der Waals surface area (Å²) in [5, 5.41) is 11.6. The van der Waals surface area contributed by atoms with Crippen LogP contribution in [0.1, 0.15) is 16.1 Å². The summed E-state index contributed by atoms with van der Waals surface area (Å²) in [6, 6.07) is 14.0. The zero-order valence-electron chi connectivity index (χ0n) is 9.13. The lowest BCUT2D eigenvalue weighted by molar-refractivity contribution is 0.102. The number of carbonyl (C=O) groups excluding carboxylic acids is 1. The number of aromatic nitrogens is 1. The number of anilines is 1. The molecule has 0 aliphatic heterocycles. The van der Waals surface area contributed by atoms with Gasteiger partial charge in [0.25, 0.3) is 5.91 Å². The summed E-state index contributed by atoms with van der Waals surface area (Å²) in [5.74, 6) is 0.221. The van der Waals surface area contributed by atoms with Crippen molar-refractivity contribution in [2.24, 2.45) is 0 Å². The molecule has 0 atom stereocenters. The molecule has 0 fully saturated rings. The number of pyridine rings is 1. The van der Waals surface area contributed by atoms with E-state index in [0.717, 1.165) is 0 Å². The molecule has 0 radical (unpaired) electrons. The standard InChI is InChI=1S/C13H12N2O2/c16-9-11-7-4-8-12(14-11)15-13(17)10-5-2-1-3-6-10/h1-8,16H,9H2,(H,14,15,17). The Kier molecular flexibility index (Phi) is 3.47. The van der Waals surface area contributed by atoms with Crippen LogP contribution in [0, 0.1) is 0 Å². The van der Waals surface area contributed by atoms with Crippen molar-refractivity contribution in [3.8, 4) is 0 Å². The highest BCUT2D eigenvalue weighted by molar-refractivity contribution is 6.03. The molecule has 2 aromatic rings. The first-order valence-electron chi connectivity index (χ1n) is 5.23. The normalized spacial score (nSPS) is 9.94. The van der Waals surface area contributed by atoms with Gasteiger partial charge < -0.3 is 10.4 Å². The molecule has 0 unspecified atom stereocenters. The fraction of sp³-hybridized carbons (Fsp3) is 0.0769. The largest absolute Gasteiger partial charge is 0.390 e. The van der Waals surface area contributed by atoms with Crippen LogP contribution in [0.5, 0.6) is 0 Å². The van der Waals surface area contributed by atoms with Gasteiger partial charge in [0.15, 0.2) is 0 Å². The average Bonchev–Trinajstić information content (AvgIpc) is 2.40. The summed E-state index contributed by atoms with van der Waals surface area (Å²) in [4.78, 5) is 15.9. The zero-order valence-corrected chi connectivity index (χ0v) is 9.13. The maximum atomic E-state index is 11.8. The van der Waals surface area contributed by atoms with Crippen molar-refractivity contribution >= 4 is 11.7 Å². The molecule has 0 bridgehead atoms. The molecule has 86 valence electrons. The second-order valence-electron chi connectivity index (χ2n) is 3.49. The average molecular weight is 228 g/mol. The lowest BCUT2D eigenvalue weighted by Crippen LogP contribution is -2.13. The highest BCUT2D eigenvalue weighted by atomic mass is 16.3. The fourth-order valence-electron chi connectivity index (χ4n) is 1.42. The summed E-state index contributed by atoms with van der Waals surface area (Å²) in [7, 11) is 0. The van der Waals surface area contributed by atoms with Crippen LogP contribution >= 0.6 is 0 Å². The number of nitrogens with zero attached hydrogens (tertiary/aromatic N) is 1. The Bertz CT molecular complexity index is 512. The summed E-state index contributed by atoms with van der Waals surface area (Å²) in [6.45, 7) is -0.144. The van der Waals surface area contributed by atoms with Crippen LogP contribution < -0.4 is 5.32 Å². The molecule has 1 aromatic carbocycles. The summed E-state index contributed by atoms with van der Waals surface area (Å²) >= 11 is 0. The lowest BCUT2D eigenvalue weighted by Gasteiger charge is -2.05. The van der Waals surface area contributed by atoms with Crippen molar-refractivity contribution in [2.75, 3.05) is 5.32 Å². The quantitative estimate of drug-likeness (QED) is 0.842. The van der Waals surface area contributed by atoms with E-state index in [4.69, 9.17) is 5.11 Å². The molecule has 0 saturated carbocycles. The van der Waals surface area contributed by atoms with Gasteiger partial charge in [-0.3, -0.25) is 4.79 Å². The number of hydrogen-bond donors (Lipinski definition) is 2. The minimum Gasteiger partial charge on any atom is -0.390 e. The van der Waals surface area contributed by atoms with Gasteiger partial charge in [-0.2, -0.15) is 0 Å². The van der Waals surface area contributed by atoms with Gasteiger partial charge in [0.1, 0.15) is 5.82 Å². The third kappa shape index (κ3) is 2.89. The third-order valence-corrected chi connectivity index (χ3v) is 2.25. The Morgan fingerprint density at radius 3 is 2.59 bits per heavy atom. The number of nitrogens with one attached hydrogen (secondary N) is 1. The van der Waals surface area contributed by atoms with Crippen LogP contribution in [0.3, 0.4) is 0 Å². The lowest BCUT2D eigenvalue weighted by atomic mass is 10.2. The molecule has 0 aliphatic rings. The van der Waals surface area contributed by atoms with Gasteiger partial charge in [-0.25, -0.2) is 4.98 Å². The van der Waals surface area contributed by atoms with E-state index in [2.05, 4.69) is 10.3 Å². The number of rotatable bonds is 3. The van der Waals surface area contributed by atoms with E-state index in [1.165, 1.54) is 0 Å². The van der Waals surface area contributed by atoms with Crippen LogP contribution in [-0.4, -0.2) is 16.0 Å². The summed E-state index contributed by atoms with van der Waals surface area (Å²) in [5.41, 5.74) is 1.10. The van der Waals surface area contributed by atoms with Crippen LogP contribution in [0.4, 0.5) is 5.82 Å². The van der Waals surface area contributed by atoms with Crippen LogP contribution in [0.25, 0.3) is 0 Å². The SMILES string of the molecule is O=C(Nc1cccc(CO)n1)c1ccccc1. The molecular formula is C13H12N2O2. The van der Waals surface area contributed by atoms with Crippen LogP contribution in [0.15, 0.2) is 48.5 Å². The van der Waals surface area contributed by atoms with Gasteiger partial charge in [-0.1, -0.05) is 24.3 Å². The molecule has 17 heavy (non-hydrogen) atoms. The van der Waals surface area contributed by atoms with E-state index in [1.807, 2.05) is 6.07 Å². The highest BCUT2D eigenvalue weighted by Crippen LogP contribution is 2.07. The first-order chi connectivity index (χ1) is 8.29. The molecule has 1 aromatic heterocycles. The van der Waals surface area contributed by atoms with Crippen molar-refractivity contribution in [1.29, 1.82) is 0 Å². The van der Waals surface area contributed by atoms with Gasteiger partial charge in [0.2, 0.25) is 0 Å². The van der Waals surface area contributed by atoms with Crippen molar-refractivity contribution in [3.05, 3.63) is 59.8 Å². The van der Waals surface area contributed by atoms with E-state index >= 15 is 0 Å². The minimum absolute atomic E-state index is 0.144. The maximum Gasteiger partial charge on any atom is 0.256 e. The van der Waals surface area contributed by atoms with Gasteiger partial charge in [0.05, 0.1) is 12.3 Å². The van der Waals surface area contributed by atoms with Crippen molar-refractivity contribution in [2.45, 2.75) is 6.61 Å². The number of aliphatic hydroxyl groups is 1. The minimum atomic E-state index is -0.215. The molecule has 1 heterocycles. The first kappa shape index (κ1) is 11.3. The molecule has 4 nitrogen and oxygen atoms in total. The predicted octanol–water partition coefficient (Wildman–Crippen LogP) is 1.83. The number of carbonyl (C=O) groups is 1. The fourth-order valence-corrected chi connectivity index (χ4v) is 1.42. The van der Waals surface area contributed by atoms with E-state index in [0.29, 0.717) is 17.1 Å². The second kappa shape index (κ2) is 5.23. The molecule has 2 rings (SSSR count). The molecule has 0 aliphatic carbocycles. The second-order valence-corrected chi connectivity index (χ2v) is 3.49. The molecule has 0 spiro atoms. The first-order valence-corrected chi connectivity index (χ1v) is 5.23. The molecular weight excluding hydrogens is 216 g/mol. The molecule has 1 amide bonds. The van der Waals surface area contributed by atoms with Gasteiger partial charge in [-0.05, 0) is 24.3 Å². The molecule has 2 N–H and O–H groups in total. The van der Waals surface area contributed by atoms with Crippen molar-refractivity contribution in [3.63, 3.8) is 0 Å². The molecule has 4 heteroatoms. The smallest absolute Gasteiger partial charge is 0.256 e. The Morgan fingerprint density at radius 1 is 1.12 bits per heavy atom. The van der Waals surface area contributed by atoms with Gasteiger partial charge in [-0.15, -0.1) is 0 Å². The number of hydrogen-bond acceptors (Lipinski definition) is 3. The summed E-state index contributed by atoms with van der Waals surface area (Å²) in [6.07, 6.45) is 0. The van der Waals surface area contributed by atoms with Crippen molar-refractivity contribution in [1.82, 2.24) is 4.98 Å². The summed E-state index contributed by atoms with van der Waals surface area (Å²) < 4.78 is 0. The zero-order chi connectivity index (χ0) is 12.1.